The molecule has 0 aromatic carbocycles. The third kappa shape index (κ3) is 2.26. The summed E-state index contributed by atoms with van der Waals surface area (Å²) in [4.78, 5) is 4.63. The van der Waals surface area contributed by atoms with Crippen molar-refractivity contribution in [1.29, 1.82) is 0 Å². The van der Waals surface area contributed by atoms with E-state index in [1.54, 1.807) is 0 Å². The fourth-order valence-corrected chi connectivity index (χ4v) is 2.51. The molecule has 1 atom stereocenters. The van der Waals surface area contributed by atoms with Crippen molar-refractivity contribution in [3.63, 3.8) is 0 Å². The number of pyridine rings is 1. The highest BCUT2D eigenvalue weighted by molar-refractivity contribution is 5.41. The Morgan fingerprint density at radius 1 is 1.44 bits per heavy atom. The molecule has 0 saturated carbocycles. The summed E-state index contributed by atoms with van der Waals surface area (Å²) in [6.45, 7) is 7.35. The van der Waals surface area contributed by atoms with E-state index in [0.29, 0.717) is 0 Å². The molecule has 3 rings (SSSR count). The van der Waals surface area contributed by atoms with Gasteiger partial charge < -0.3 is 15.0 Å². The van der Waals surface area contributed by atoms with Crippen LogP contribution in [0.25, 0.3) is 5.65 Å². The average Bonchev–Trinajstić information content (AvgIpc) is 2.93. The molecule has 4 heteroatoms. The minimum Gasteiger partial charge on any atom is -0.315 e. The van der Waals surface area contributed by atoms with Gasteiger partial charge in [-0.15, -0.1) is 0 Å². The van der Waals surface area contributed by atoms with Crippen LogP contribution in [0.1, 0.15) is 24.6 Å². The molecule has 0 radical (unpaired) electrons. The van der Waals surface area contributed by atoms with Crippen LogP contribution in [0.2, 0.25) is 0 Å². The number of aryl methyl sites for hydroxylation is 1. The monoisotopic (exact) mass is 244 g/mol. The van der Waals surface area contributed by atoms with Crippen molar-refractivity contribution in [3.8, 4) is 0 Å². The van der Waals surface area contributed by atoms with E-state index in [1.807, 2.05) is 0 Å². The third-order valence-electron chi connectivity index (χ3n) is 3.71. The number of hydrogen-bond donors (Lipinski definition) is 2. The van der Waals surface area contributed by atoms with Gasteiger partial charge in [0.15, 0.2) is 0 Å². The van der Waals surface area contributed by atoms with Crippen LogP contribution in [0.15, 0.2) is 24.5 Å². The lowest BCUT2D eigenvalue weighted by molar-refractivity contribution is 0.384. The maximum absolute atomic E-state index is 4.63. The van der Waals surface area contributed by atoms with Crippen LogP contribution >= 0.6 is 0 Å². The van der Waals surface area contributed by atoms with Crippen molar-refractivity contribution in [1.82, 2.24) is 20.0 Å². The summed E-state index contributed by atoms with van der Waals surface area (Å²) in [5, 5.41) is 7.01. The maximum atomic E-state index is 4.63. The van der Waals surface area contributed by atoms with E-state index in [9.17, 15) is 0 Å². The van der Waals surface area contributed by atoms with E-state index in [4.69, 9.17) is 0 Å². The van der Waals surface area contributed by atoms with Crippen LogP contribution in [0.3, 0.4) is 0 Å². The lowest BCUT2D eigenvalue weighted by Gasteiger charge is -2.23. The Morgan fingerprint density at radius 3 is 3.11 bits per heavy atom. The van der Waals surface area contributed by atoms with Gasteiger partial charge in [0, 0.05) is 31.0 Å². The number of fused-ring (bicyclic) bond motifs is 1. The Bertz CT molecular complexity index is 552. The zero-order valence-corrected chi connectivity index (χ0v) is 11.0. The van der Waals surface area contributed by atoms with E-state index >= 15 is 0 Å². The predicted molar refractivity (Wildman–Crippen MR) is 72.7 cm³/mol. The van der Waals surface area contributed by atoms with E-state index in [-0.39, 0.29) is 5.54 Å². The Hall–Kier alpha value is -1.39. The van der Waals surface area contributed by atoms with Gasteiger partial charge in [0.05, 0.1) is 5.69 Å². The van der Waals surface area contributed by atoms with Crippen LogP contribution in [0.5, 0.6) is 0 Å². The van der Waals surface area contributed by atoms with Gasteiger partial charge in [0.25, 0.3) is 0 Å². The van der Waals surface area contributed by atoms with Crippen LogP contribution in [0, 0.1) is 6.92 Å². The molecule has 1 unspecified atom stereocenters. The van der Waals surface area contributed by atoms with Crippen LogP contribution in [-0.2, 0) is 6.54 Å². The van der Waals surface area contributed by atoms with Gasteiger partial charge in [0.1, 0.15) is 5.65 Å². The molecule has 2 N–H and O–H groups in total. The van der Waals surface area contributed by atoms with Gasteiger partial charge in [-0.25, -0.2) is 4.98 Å². The molecule has 0 spiro atoms. The Morgan fingerprint density at radius 2 is 2.33 bits per heavy atom. The van der Waals surface area contributed by atoms with E-state index < -0.39 is 0 Å². The molecule has 1 aliphatic heterocycles. The van der Waals surface area contributed by atoms with Crippen molar-refractivity contribution in [2.24, 2.45) is 0 Å². The lowest BCUT2D eigenvalue weighted by Crippen LogP contribution is -2.43. The fourth-order valence-electron chi connectivity index (χ4n) is 2.51. The topological polar surface area (TPSA) is 41.4 Å². The molecule has 18 heavy (non-hydrogen) atoms. The molecular formula is C14H20N4. The first kappa shape index (κ1) is 11.7. The SMILES string of the molecule is Cc1ccc2nc(CNC3(C)CCNC3)cn2c1. The summed E-state index contributed by atoms with van der Waals surface area (Å²) in [6, 6.07) is 4.17. The molecule has 2 aromatic heterocycles. The molecule has 4 nitrogen and oxygen atoms in total. The quantitative estimate of drug-likeness (QED) is 0.859. The highest BCUT2D eigenvalue weighted by Gasteiger charge is 2.27. The fraction of sp³-hybridized carbons (Fsp3) is 0.500. The summed E-state index contributed by atoms with van der Waals surface area (Å²) >= 11 is 0. The highest BCUT2D eigenvalue weighted by Crippen LogP contribution is 2.14. The van der Waals surface area contributed by atoms with Crippen molar-refractivity contribution < 1.29 is 0 Å². The molecule has 1 aliphatic rings. The first-order chi connectivity index (χ1) is 8.65. The molecule has 1 saturated heterocycles. The second-order valence-corrected chi connectivity index (χ2v) is 5.55. The van der Waals surface area contributed by atoms with E-state index in [0.717, 1.165) is 31.0 Å². The molecule has 2 aromatic rings. The van der Waals surface area contributed by atoms with Crippen LogP contribution in [-0.4, -0.2) is 28.0 Å². The predicted octanol–water partition coefficient (Wildman–Crippen LogP) is 1.48. The zero-order valence-electron chi connectivity index (χ0n) is 11.0. The molecule has 0 bridgehead atoms. The largest absolute Gasteiger partial charge is 0.315 e. The third-order valence-corrected chi connectivity index (χ3v) is 3.71. The molecule has 3 heterocycles. The van der Waals surface area contributed by atoms with Crippen molar-refractivity contribution in [2.75, 3.05) is 13.1 Å². The van der Waals surface area contributed by atoms with Gasteiger partial charge in [-0.3, -0.25) is 0 Å². The summed E-state index contributed by atoms with van der Waals surface area (Å²) in [7, 11) is 0. The Labute approximate surface area is 107 Å². The van der Waals surface area contributed by atoms with Gasteiger partial charge in [-0.05, 0) is 38.4 Å². The second-order valence-electron chi connectivity index (χ2n) is 5.55. The van der Waals surface area contributed by atoms with Gasteiger partial charge in [-0.2, -0.15) is 0 Å². The van der Waals surface area contributed by atoms with Gasteiger partial charge in [0.2, 0.25) is 0 Å². The van der Waals surface area contributed by atoms with Crippen molar-refractivity contribution >= 4 is 5.65 Å². The highest BCUT2D eigenvalue weighted by atomic mass is 15.1. The van der Waals surface area contributed by atoms with Crippen molar-refractivity contribution in [2.45, 2.75) is 32.4 Å². The minimum atomic E-state index is 0.214. The van der Waals surface area contributed by atoms with Crippen LogP contribution < -0.4 is 10.6 Å². The first-order valence-corrected chi connectivity index (χ1v) is 6.55. The van der Waals surface area contributed by atoms with Gasteiger partial charge in [-0.1, -0.05) is 6.07 Å². The number of aromatic nitrogens is 2. The number of nitrogens with zero attached hydrogens (tertiary/aromatic N) is 2. The first-order valence-electron chi connectivity index (χ1n) is 6.55. The summed E-state index contributed by atoms with van der Waals surface area (Å²) in [6.07, 6.45) is 5.41. The second kappa shape index (κ2) is 4.37. The number of rotatable bonds is 3. The minimum absolute atomic E-state index is 0.214. The molecular weight excluding hydrogens is 224 g/mol. The molecule has 1 fully saturated rings. The lowest BCUT2D eigenvalue weighted by atomic mass is 10.0. The molecule has 96 valence electrons. The summed E-state index contributed by atoms with van der Waals surface area (Å²) in [5.74, 6) is 0. The number of nitrogens with one attached hydrogen (secondary N) is 2. The van der Waals surface area contributed by atoms with Crippen LogP contribution in [0.4, 0.5) is 0 Å². The standard InChI is InChI=1S/C14H20N4/c1-11-3-4-13-17-12(9-18(13)8-11)7-16-14(2)5-6-15-10-14/h3-4,8-9,15-16H,5-7,10H2,1-2H3. The molecule has 0 amide bonds. The summed E-state index contributed by atoms with van der Waals surface area (Å²) in [5.41, 5.74) is 3.60. The number of hydrogen-bond acceptors (Lipinski definition) is 3. The number of imidazole rings is 1. The zero-order chi connectivity index (χ0) is 12.6. The van der Waals surface area contributed by atoms with E-state index in [1.165, 1.54) is 12.0 Å². The average molecular weight is 244 g/mol. The maximum Gasteiger partial charge on any atom is 0.137 e. The van der Waals surface area contributed by atoms with E-state index in [2.05, 4.69) is 58.4 Å². The van der Waals surface area contributed by atoms with Crippen molar-refractivity contribution in [3.05, 3.63) is 35.8 Å². The Balaban J connectivity index is 1.74. The summed E-state index contributed by atoms with van der Waals surface area (Å²) < 4.78 is 2.10. The Kier molecular flexibility index (Phi) is 2.84. The molecule has 0 aliphatic carbocycles. The normalized spacial score (nSPS) is 23.9. The smallest absolute Gasteiger partial charge is 0.137 e. The van der Waals surface area contributed by atoms with Gasteiger partial charge >= 0.3 is 0 Å².